The highest BCUT2D eigenvalue weighted by Crippen LogP contribution is 2.30. The number of thiophene rings is 1. The number of carbonyl (C=O) groups excluding carboxylic acids is 2. The summed E-state index contributed by atoms with van der Waals surface area (Å²) in [4.78, 5) is 27.2. The molecule has 0 radical (unpaired) electrons. The van der Waals surface area contributed by atoms with E-state index in [0.29, 0.717) is 16.4 Å². The van der Waals surface area contributed by atoms with Crippen molar-refractivity contribution >= 4 is 45.0 Å². The van der Waals surface area contributed by atoms with Gasteiger partial charge in [-0.2, -0.15) is 5.10 Å². The molecule has 0 spiro atoms. The van der Waals surface area contributed by atoms with Crippen molar-refractivity contribution in [2.75, 3.05) is 6.54 Å². The molecule has 0 aliphatic carbocycles. The Morgan fingerprint density at radius 2 is 1.96 bits per heavy atom. The van der Waals surface area contributed by atoms with E-state index < -0.39 is 5.91 Å². The Morgan fingerprint density at radius 3 is 2.56 bits per heavy atom. The van der Waals surface area contributed by atoms with Crippen molar-refractivity contribution in [3.05, 3.63) is 51.5 Å². The van der Waals surface area contributed by atoms with Gasteiger partial charge in [0.1, 0.15) is 4.83 Å². The van der Waals surface area contributed by atoms with E-state index in [2.05, 4.69) is 5.10 Å². The first-order valence-corrected chi connectivity index (χ1v) is 9.76. The molecule has 27 heavy (non-hydrogen) atoms. The molecule has 0 unspecified atom stereocenters. The normalized spacial score (nSPS) is 11.3. The summed E-state index contributed by atoms with van der Waals surface area (Å²) in [6.07, 6.45) is 0. The third-order valence-electron chi connectivity index (χ3n) is 4.27. The molecule has 3 rings (SSSR count). The van der Waals surface area contributed by atoms with E-state index in [1.165, 1.54) is 16.2 Å². The van der Waals surface area contributed by atoms with Gasteiger partial charge in [-0.3, -0.25) is 14.3 Å². The second-order valence-electron chi connectivity index (χ2n) is 6.69. The van der Waals surface area contributed by atoms with Crippen molar-refractivity contribution in [1.29, 1.82) is 0 Å². The Hall–Kier alpha value is -2.38. The number of hydrogen-bond donors (Lipinski definition) is 1. The lowest BCUT2D eigenvalue weighted by Gasteiger charge is -2.24. The van der Waals surface area contributed by atoms with Gasteiger partial charge in [-0.25, -0.2) is 0 Å². The van der Waals surface area contributed by atoms with Crippen LogP contribution in [0.2, 0.25) is 5.02 Å². The molecule has 2 amide bonds. The zero-order chi connectivity index (χ0) is 19.7. The van der Waals surface area contributed by atoms with Crippen LogP contribution in [0.3, 0.4) is 0 Å². The molecule has 6 nitrogen and oxygen atoms in total. The fraction of sp³-hybridized carbons (Fsp3) is 0.316. The van der Waals surface area contributed by atoms with Crippen LogP contribution in [0.25, 0.3) is 10.2 Å². The lowest BCUT2D eigenvalue weighted by Crippen LogP contribution is -2.42. The minimum atomic E-state index is -0.525. The Labute approximate surface area is 166 Å². The van der Waals surface area contributed by atoms with Crippen LogP contribution in [0.1, 0.15) is 34.8 Å². The van der Waals surface area contributed by atoms with Gasteiger partial charge < -0.3 is 10.6 Å². The molecular formula is C19H21ClN4O2S. The van der Waals surface area contributed by atoms with Crippen LogP contribution in [0.5, 0.6) is 0 Å². The Bertz CT molecular complexity index is 991. The number of fused-ring (bicyclic) bond motifs is 1. The quantitative estimate of drug-likeness (QED) is 0.683. The van der Waals surface area contributed by atoms with Gasteiger partial charge in [0.25, 0.3) is 5.91 Å². The maximum Gasteiger partial charge on any atom is 0.264 e. The lowest BCUT2D eigenvalue weighted by molar-refractivity contribution is -0.119. The SMILES string of the molecule is Cc1nn(Cc2ccc(Cl)cc2)c2sc(C(=O)N(CC(N)=O)C(C)C)cc12. The number of carbonyl (C=O) groups is 2. The molecule has 142 valence electrons. The van der Waals surface area contributed by atoms with Crippen molar-refractivity contribution in [2.45, 2.75) is 33.4 Å². The number of rotatable bonds is 6. The van der Waals surface area contributed by atoms with Gasteiger partial charge in [0.15, 0.2) is 0 Å². The van der Waals surface area contributed by atoms with Crippen LogP contribution in [-0.4, -0.2) is 39.1 Å². The third kappa shape index (κ3) is 4.14. The Kier molecular flexibility index (Phi) is 5.53. The van der Waals surface area contributed by atoms with E-state index in [-0.39, 0.29) is 18.5 Å². The second-order valence-corrected chi connectivity index (χ2v) is 8.16. The molecule has 0 saturated heterocycles. The fourth-order valence-corrected chi connectivity index (χ4v) is 4.13. The number of benzene rings is 1. The topological polar surface area (TPSA) is 81.2 Å². The minimum absolute atomic E-state index is 0.0966. The van der Waals surface area contributed by atoms with E-state index in [1.54, 1.807) is 0 Å². The number of nitrogens with two attached hydrogens (primary N) is 1. The zero-order valence-corrected chi connectivity index (χ0v) is 17.0. The number of hydrogen-bond acceptors (Lipinski definition) is 4. The molecular weight excluding hydrogens is 384 g/mol. The summed E-state index contributed by atoms with van der Waals surface area (Å²) < 4.78 is 1.89. The first-order valence-electron chi connectivity index (χ1n) is 8.57. The highest BCUT2D eigenvalue weighted by atomic mass is 35.5. The van der Waals surface area contributed by atoms with Crippen molar-refractivity contribution in [3.8, 4) is 0 Å². The molecule has 0 aliphatic rings. The van der Waals surface area contributed by atoms with E-state index in [4.69, 9.17) is 17.3 Å². The van der Waals surface area contributed by atoms with E-state index in [9.17, 15) is 9.59 Å². The molecule has 3 aromatic rings. The van der Waals surface area contributed by atoms with Gasteiger partial charge in [-0.05, 0) is 44.5 Å². The first kappa shape index (κ1) is 19.4. The summed E-state index contributed by atoms with van der Waals surface area (Å²) >= 11 is 7.33. The average molecular weight is 405 g/mol. The van der Waals surface area contributed by atoms with Gasteiger partial charge in [-0.1, -0.05) is 23.7 Å². The molecule has 2 N–H and O–H groups in total. The molecule has 0 saturated carbocycles. The number of nitrogens with zero attached hydrogens (tertiary/aromatic N) is 3. The molecule has 0 bridgehead atoms. The van der Waals surface area contributed by atoms with Gasteiger partial charge in [-0.15, -0.1) is 11.3 Å². The summed E-state index contributed by atoms with van der Waals surface area (Å²) in [7, 11) is 0. The van der Waals surface area contributed by atoms with Crippen LogP contribution in [0.4, 0.5) is 0 Å². The summed E-state index contributed by atoms with van der Waals surface area (Å²) in [5.74, 6) is -0.717. The van der Waals surface area contributed by atoms with Crippen molar-refractivity contribution in [1.82, 2.24) is 14.7 Å². The van der Waals surface area contributed by atoms with Gasteiger partial charge in [0.2, 0.25) is 5.91 Å². The second kappa shape index (κ2) is 7.70. The standard InChI is InChI=1S/C19H21ClN4O2S/c1-11(2)23(10-17(21)25)18(26)16-8-15-12(3)22-24(19(15)27-16)9-13-4-6-14(20)7-5-13/h4-8,11H,9-10H2,1-3H3,(H2,21,25). The summed E-state index contributed by atoms with van der Waals surface area (Å²) in [6, 6.07) is 9.33. The van der Waals surface area contributed by atoms with E-state index in [0.717, 1.165) is 21.5 Å². The number of halogens is 1. The molecule has 2 heterocycles. The predicted molar refractivity (Wildman–Crippen MR) is 108 cm³/mol. The Morgan fingerprint density at radius 1 is 1.30 bits per heavy atom. The van der Waals surface area contributed by atoms with Crippen molar-refractivity contribution in [2.24, 2.45) is 5.73 Å². The van der Waals surface area contributed by atoms with Gasteiger partial charge in [0.05, 0.1) is 23.7 Å². The highest BCUT2D eigenvalue weighted by Gasteiger charge is 2.24. The summed E-state index contributed by atoms with van der Waals surface area (Å²) in [5, 5.41) is 6.22. The average Bonchev–Trinajstić information content (AvgIpc) is 3.15. The summed E-state index contributed by atoms with van der Waals surface area (Å²) in [6.45, 7) is 6.14. The molecule has 1 aromatic carbocycles. The monoisotopic (exact) mass is 404 g/mol. The van der Waals surface area contributed by atoms with Crippen molar-refractivity contribution in [3.63, 3.8) is 0 Å². The number of primary amides is 1. The zero-order valence-electron chi connectivity index (χ0n) is 15.4. The van der Waals surface area contributed by atoms with Gasteiger partial charge >= 0.3 is 0 Å². The Balaban J connectivity index is 1.94. The van der Waals surface area contributed by atoms with E-state index in [1.807, 2.05) is 55.8 Å². The number of amides is 2. The van der Waals surface area contributed by atoms with Crippen LogP contribution >= 0.6 is 22.9 Å². The van der Waals surface area contributed by atoms with E-state index >= 15 is 0 Å². The fourth-order valence-electron chi connectivity index (χ4n) is 2.89. The maximum absolute atomic E-state index is 12.9. The molecule has 2 aromatic heterocycles. The maximum atomic E-state index is 12.9. The number of aromatic nitrogens is 2. The summed E-state index contributed by atoms with van der Waals surface area (Å²) in [5.41, 5.74) is 7.23. The minimum Gasteiger partial charge on any atom is -0.368 e. The van der Waals surface area contributed by atoms with Crippen LogP contribution < -0.4 is 5.73 Å². The number of aryl methyl sites for hydroxylation is 1. The van der Waals surface area contributed by atoms with Crippen LogP contribution in [-0.2, 0) is 11.3 Å². The first-order chi connectivity index (χ1) is 12.8. The molecule has 0 fully saturated rings. The smallest absolute Gasteiger partial charge is 0.264 e. The third-order valence-corrected chi connectivity index (χ3v) is 5.66. The van der Waals surface area contributed by atoms with Crippen LogP contribution in [0, 0.1) is 6.92 Å². The van der Waals surface area contributed by atoms with Crippen molar-refractivity contribution < 1.29 is 9.59 Å². The predicted octanol–water partition coefficient (Wildman–Crippen LogP) is 3.44. The molecule has 0 aliphatic heterocycles. The molecule has 0 atom stereocenters. The lowest BCUT2D eigenvalue weighted by atomic mass is 10.2. The van der Waals surface area contributed by atoms with Crippen LogP contribution in [0.15, 0.2) is 30.3 Å². The van der Waals surface area contributed by atoms with Gasteiger partial charge in [0, 0.05) is 16.5 Å². The largest absolute Gasteiger partial charge is 0.368 e. The molecule has 8 heteroatoms. The highest BCUT2D eigenvalue weighted by molar-refractivity contribution is 7.20.